The Morgan fingerprint density at radius 1 is 0.970 bits per heavy atom. The third-order valence-electron chi connectivity index (χ3n) is 6.50. The molecule has 1 aliphatic rings. The first-order valence-corrected chi connectivity index (χ1v) is 12.5. The van der Waals surface area contributed by atoms with Crippen molar-refractivity contribution in [1.82, 2.24) is 14.5 Å². The molecule has 33 heavy (non-hydrogen) atoms. The van der Waals surface area contributed by atoms with Crippen molar-refractivity contribution in [2.75, 3.05) is 19.6 Å². The molecule has 0 amide bonds. The van der Waals surface area contributed by atoms with Crippen molar-refractivity contribution in [2.45, 2.75) is 33.2 Å². The van der Waals surface area contributed by atoms with Gasteiger partial charge in [0.25, 0.3) is 0 Å². The number of hydrogen-bond acceptors (Lipinski definition) is 2. The second kappa shape index (κ2) is 9.70. The molecule has 4 heteroatoms. The molecule has 170 valence electrons. The highest BCUT2D eigenvalue weighted by Gasteiger charge is 2.24. The quantitative estimate of drug-likeness (QED) is 0.261. The molecule has 1 aliphatic carbocycles. The molecule has 2 aromatic carbocycles. The lowest BCUT2D eigenvalue weighted by molar-refractivity contribution is 0.227. The molecule has 0 bridgehead atoms. The van der Waals surface area contributed by atoms with E-state index in [1.54, 1.807) is 0 Å². The first-order chi connectivity index (χ1) is 16.0. The van der Waals surface area contributed by atoms with Gasteiger partial charge in [0.15, 0.2) is 0 Å². The molecule has 0 unspecified atom stereocenters. The average molecular weight is 458 g/mol. The van der Waals surface area contributed by atoms with Gasteiger partial charge >= 0.3 is 0 Å². The van der Waals surface area contributed by atoms with Gasteiger partial charge in [-0.2, -0.15) is 0 Å². The van der Waals surface area contributed by atoms with Crippen LogP contribution in [-0.2, 0) is 6.54 Å². The molecular weight excluding hydrogens is 426 g/mol. The van der Waals surface area contributed by atoms with E-state index in [0.717, 1.165) is 46.4 Å². The van der Waals surface area contributed by atoms with Crippen LogP contribution in [-0.4, -0.2) is 34.1 Å². The summed E-state index contributed by atoms with van der Waals surface area (Å²) >= 11 is 6.01. The summed E-state index contributed by atoms with van der Waals surface area (Å²) in [6.07, 6.45) is 7.00. The summed E-state index contributed by atoms with van der Waals surface area (Å²) in [6, 6.07) is 21.0. The minimum atomic E-state index is 0.714. The topological polar surface area (TPSA) is 21.1 Å². The predicted octanol–water partition coefficient (Wildman–Crippen LogP) is 7.39. The summed E-state index contributed by atoms with van der Waals surface area (Å²) in [5, 5.41) is 2.02. The Balaban J connectivity index is 1.29. The lowest BCUT2D eigenvalue weighted by Crippen LogP contribution is -2.32. The molecule has 4 aromatic rings. The standard InChI is InChI=1S/C29H32ClN3/c1-21(2)19-32(20-22-3-4-22)15-16-33-14-13-25-17-24(8-12-29(25)33)28-11-7-26(18-31-28)23-5-9-27(30)10-6-23/h5-14,17-18,21-22H,3-4,15-16,19-20H2,1-2H3. The molecule has 0 N–H and O–H groups in total. The van der Waals surface area contributed by atoms with Crippen molar-refractivity contribution < 1.29 is 0 Å². The second-order valence-electron chi connectivity index (χ2n) is 9.82. The van der Waals surface area contributed by atoms with Gasteiger partial charge in [0.2, 0.25) is 0 Å². The fraction of sp³-hybridized carbons (Fsp3) is 0.345. The molecule has 2 aromatic heterocycles. The van der Waals surface area contributed by atoms with Crippen molar-refractivity contribution in [2.24, 2.45) is 11.8 Å². The highest BCUT2D eigenvalue weighted by atomic mass is 35.5. The normalized spacial score (nSPS) is 14.0. The number of rotatable bonds is 9. The summed E-state index contributed by atoms with van der Waals surface area (Å²) in [7, 11) is 0. The van der Waals surface area contributed by atoms with E-state index in [0.29, 0.717) is 5.92 Å². The number of halogens is 1. The maximum absolute atomic E-state index is 6.01. The first-order valence-electron chi connectivity index (χ1n) is 12.1. The third kappa shape index (κ3) is 5.48. The van der Waals surface area contributed by atoms with Crippen molar-refractivity contribution >= 4 is 22.5 Å². The first kappa shape index (κ1) is 22.2. The largest absolute Gasteiger partial charge is 0.346 e. The number of nitrogens with zero attached hydrogens (tertiary/aromatic N) is 3. The SMILES string of the molecule is CC(C)CN(CCn1ccc2cc(-c3ccc(-c4ccc(Cl)cc4)cn3)ccc21)CC1CC1. The van der Waals surface area contributed by atoms with E-state index in [1.807, 2.05) is 30.5 Å². The zero-order valence-corrected chi connectivity index (χ0v) is 20.3. The lowest BCUT2D eigenvalue weighted by atomic mass is 10.1. The fourth-order valence-corrected chi connectivity index (χ4v) is 4.75. The molecule has 0 aliphatic heterocycles. The van der Waals surface area contributed by atoms with Crippen LogP contribution in [0.5, 0.6) is 0 Å². The van der Waals surface area contributed by atoms with E-state index in [2.05, 4.69) is 65.9 Å². The van der Waals surface area contributed by atoms with Crippen LogP contribution in [0.2, 0.25) is 5.02 Å². The van der Waals surface area contributed by atoms with E-state index in [1.165, 1.54) is 36.8 Å². The minimum Gasteiger partial charge on any atom is -0.346 e. The monoisotopic (exact) mass is 457 g/mol. The van der Waals surface area contributed by atoms with E-state index < -0.39 is 0 Å². The summed E-state index contributed by atoms with van der Waals surface area (Å²) in [6.45, 7) is 9.26. The fourth-order valence-electron chi connectivity index (χ4n) is 4.62. The third-order valence-corrected chi connectivity index (χ3v) is 6.75. The van der Waals surface area contributed by atoms with Crippen molar-refractivity contribution in [3.8, 4) is 22.4 Å². The Hall–Kier alpha value is -2.62. The van der Waals surface area contributed by atoms with Crippen molar-refractivity contribution in [3.05, 3.63) is 78.1 Å². The van der Waals surface area contributed by atoms with E-state index in [-0.39, 0.29) is 0 Å². The number of benzene rings is 2. The van der Waals surface area contributed by atoms with Gasteiger partial charge in [-0.15, -0.1) is 0 Å². The van der Waals surface area contributed by atoms with Gasteiger partial charge in [-0.1, -0.05) is 49.7 Å². The van der Waals surface area contributed by atoms with E-state index >= 15 is 0 Å². The van der Waals surface area contributed by atoms with Crippen LogP contribution in [0.15, 0.2) is 73.1 Å². The lowest BCUT2D eigenvalue weighted by Gasteiger charge is -2.24. The average Bonchev–Trinajstić information content (AvgIpc) is 3.54. The predicted molar refractivity (Wildman–Crippen MR) is 140 cm³/mol. The summed E-state index contributed by atoms with van der Waals surface area (Å²) in [5.41, 5.74) is 5.67. The molecule has 2 heterocycles. The zero-order chi connectivity index (χ0) is 22.8. The van der Waals surface area contributed by atoms with Gasteiger partial charge in [-0.25, -0.2) is 0 Å². The highest BCUT2D eigenvalue weighted by molar-refractivity contribution is 6.30. The molecule has 0 atom stereocenters. The molecule has 0 radical (unpaired) electrons. The maximum Gasteiger partial charge on any atom is 0.0702 e. The van der Waals surface area contributed by atoms with Crippen LogP contribution >= 0.6 is 11.6 Å². The molecule has 5 rings (SSSR count). The van der Waals surface area contributed by atoms with Crippen LogP contribution in [0.1, 0.15) is 26.7 Å². The van der Waals surface area contributed by atoms with Crippen LogP contribution in [0.25, 0.3) is 33.3 Å². The van der Waals surface area contributed by atoms with E-state index in [9.17, 15) is 0 Å². The second-order valence-corrected chi connectivity index (χ2v) is 10.3. The van der Waals surface area contributed by atoms with Crippen molar-refractivity contribution in [3.63, 3.8) is 0 Å². The summed E-state index contributed by atoms with van der Waals surface area (Å²) < 4.78 is 2.40. The van der Waals surface area contributed by atoms with Gasteiger partial charge in [-0.05, 0) is 66.6 Å². The molecule has 0 saturated heterocycles. The van der Waals surface area contributed by atoms with Gasteiger partial charge in [0.05, 0.1) is 5.69 Å². The van der Waals surface area contributed by atoms with Gasteiger partial charge in [0.1, 0.15) is 0 Å². The van der Waals surface area contributed by atoms with Crippen LogP contribution in [0.3, 0.4) is 0 Å². The highest BCUT2D eigenvalue weighted by Crippen LogP contribution is 2.30. The van der Waals surface area contributed by atoms with Crippen LogP contribution < -0.4 is 0 Å². The number of aromatic nitrogens is 2. The Bertz CT molecular complexity index is 1200. The van der Waals surface area contributed by atoms with Gasteiger partial charge in [0, 0.05) is 65.6 Å². The maximum atomic E-state index is 6.01. The number of fused-ring (bicyclic) bond motifs is 1. The number of pyridine rings is 1. The van der Waals surface area contributed by atoms with E-state index in [4.69, 9.17) is 16.6 Å². The Morgan fingerprint density at radius 2 is 1.73 bits per heavy atom. The Morgan fingerprint density at radius 3 is 2.42 bits per heavy atom. The van der Waals surface area contributed by atoms with Crippen molar-refractivity contribution in [1.29, 1.82) is 0 Å². The van der Waals surface area contributed by atoms with Gasteiger partial charge < -0.3 is 9.47 Å². The van der Waals surface area contributed by atoms with Crippen LogP contribution in [0.4, 0.5) is 0 Å². The molecule has 3 nitrogen and oxygen atoms in total. The van der Waals surface area contributed by atoms with Gasteiger partial charge in [-0.3, -0.25) is 4.98 Å². The smallest absolute Gasteiger partial charge is 0.0702 e. The number of hydrogen-bond donors (Lipinski definition) is 0. The molecule has 1 fully saturated rings. The molecule has 1 saturated carbocycles. The minimum absolute atomic E-state index is 0.714. The Labute approximate surface area is 202 Å². The Kier molecular flexibility index (Phi) is 6.52. The summed E-state index contributed by atoms with van der Waals surface area (Å²) in [4.78, 5) is 7.40. The zero-order valence-electron chi connectivity index (χ0n) is 19.5. The van der Waals surface area contributed by atoms with Crippen LogP contribution in [0, 0.1) is 11.8 Å². The molecular formula is C29H32ClN3. The summed E-state index contributed by atoms with van der Waals surface area (Å²) in [5.74, 6) is 1.65. The molecule has 0 spiro atoms.